The van der Waals surface area contributed by atoms with E-state index in [2.05, 4.69) is 20.6 Å². The summed E-state index contributed by atoms with van der Waals surface area (Å²) in [5, 5.41) is 6.66. The minimum atomic E-state index is 0.207. The second-order valence-electron chi connectivity index (χ2n) is 9.34. The maximum atomic E-state index is 12.0. The van der Waals surface area contributed by atoms with Crippen LogP contribution < -0.4 is 15.4 Å². The molecule has 3 aromatic rings. The smallest absolute Gasteiger partial charge is 0.226 e. The lowest BCUT2D eigenvalue weighted by atomic mass is 10.3. The molecule has 2 fully saturated rings. The first-order chi connectivity index (χ1) is 18.2. The molecule has 5 rings (SSSR count). The third-order valence-electron chi connectivity index (χ3n) is 6.71. The van der Waals surface area contributed by atoms with Gasteiger partial charge in [0.1, 0.15) is 12.4 Å². The topological polar surface area (TPSA) is 118 Å². The Morgan fingerprint density at radius 1 is 0.865 bits per heavy atom. The van der Waals surface area contributed by atoms with Gasteiger partial charge in [0, 0.05) is 52.1 Å². The van der Waals surface area contributed by atoms with Gasteiger partial charge in [-0.3, -0.25) is 9.59 Å². The summed E-state index contributed by atoms with van der Waals surface area (Å²) in [6.45, 7) is 5.31. The summed E-state index contributed by atoms with van der Waals surface area (Å²) < 4.78 is 7.78. The zero-order chi connectivity index (χ0) is 25.5. The van der Waals surface area contributed by atoms with Crippen LogP contribution in [0.5, 0.6) is 5.75 Å². The van der Waals surface area contributed by atoms with E-state index in [-0.39, 0.29) is 11.8 Å². The molecule has 2 aliphatic rings. The number of anilines is 2. The number of rotatable bonds is 13. The molecule has 2 saturated heterocycles. The highest BCUT2D eigenvalue weighted by Gasteiger charge is 2.21. The number of nitrogens with zero attached hydrogens (tertiary/aromatic N) is 6. The highest BCUT2D eigenvalue weighted by atomic mass is 16.5. The van der Waals surface area contributed by atoms with Gasteiger partial charge in [-0.2, -0.15) is 9.97 Å². The number of fused-ring (bicyclic) bond motifs is 1. The minimum Gasteiger partial charge on any atom is -0.492 e. The van der Waals surface area contributed by atoms with Crippen molar-refractivity contribution in [3.05, 3.63) is 36.7 Å². The van der Waals surface area contributed by atoms with Crippen LogP contribution >= 0.6 is 0 Å². The molecule has 37 heavy (non-hydrogen) atoms. The van der Waals surface area contributed by atoms with Crippen LogP contribution in [0.3, 0.4) is 0 Å². The lowest BCUT2D eigenvalue weighted by Crippen LogP contribution is -2.28. The molecule has 196 valence electrons. The predicted octanol–water partition coefficient (Wildman–Crippen LogP) is 2.36. The first kappa shape index (κ1) is 24.8. The fourth-order valence-corrected chi connectivity index (χ4v) is 4.74. The summed E-state index contributed by atoms with van der Waals surface area (Å²) in [5.74, 6) is 2.40. The van der Waals surface area contributed by atoms with E-state index in [4.69, 9.17) is 9.72 Å². The van der Waals surface area contributed by atoms with Crippen LogP contribution in [0.25, 0.3) is 11.2 Å². The summed E-state index contributed by atoms with van der Waals surface area (Å²) in [4.78, 5) is 41.7. The van der Waals surface area contributed by atoms with Crippen LogP contribution in [0.15, 0.2) is 36.7 Å². The van der Waals surface area contributed by atoms with Crippen molar-refractivity contribution in [1.29, 1.82) is 0 Å². The molecule has 2 aliphatic heterocycles. The summed E-state index contributed by atoms with van der Waals surface area (Å²) in [5.41, 5.74) is 1.39. The molecule has 0 bridgehead atoms. The standard InChI is InChI=1S/C26H34N8O3/c35-21-9-4-13-32(21)15-6-11-28-26-30-24(27-12-18-37-20-7-2-1-3-8-20)23-25(31-26)34(19-29-23)17-16-33-14-5-10-22(33)36/h1-3,7-8,19H,4-6,9-18H2,(H2,27,28,30,31). The lowest BCUT2D eigenvalue weighted by molar-refractivity contribution is -0.128. The molecule has 4 heterocycles. The van der Waals surface area contributed by atoms with Crippen molar-refractivity contribution >= 4 is 34.7 Å². The van der Waals surface area contributed by atoms with Gasteiger partial charge in [0.15, 0.2) is 17.0 Å². The normalized spacial score (nSPS) is 15.7. The Morgan fingerprint density at radius 2 is 1.62 bits per heavy atom. The zero-order valence-electron chi connectivity index (χ0n) is 21.1. The maximum absolute atomic E-state index is 12.0. The number of amides is 2. The predicted molar refractivity (Wildman–Crippen MR) is 140 cm³/mol. The van der Waals surface area contributed by atoms with E-state index in [1.54, 1.807) is 6.33 Å². The van der Waals surface area contributed by atoms with E-state index in [0.717, 1.165) is 44.6 Å². The number of carbonyl (C=O) groups excluding carboxylic acids is 2. The van der Waals surface area contributed by atoms with Crippen LogP contribution in [0.1, 0.15) is 32.1 Å². The third-order valence-corrected chi connectivity index (χ3v) is 6.71. The highest BCUT2D eigenvalue weighted by Crippen LogP contribution is 2.21. The number of aromatic nitrogens is 4. The Labute approximate surface area is 216 Å². The first-order valence-electron chi connectivity index (χ1n) is 13.1. The van der Waals surface area contributed by atoms with Gasteiger partial charge >= 0.3 is 0 Å². The second-order valence-corrected chi connectivity index (χ2v) is 9.34. The molecule has 11 heteroatoms. The number of para-hydroxylation sites is 1. The molecule has 0 radical (unpaired) electrons. The van der Waals surface area contributed by atoms with Crippen LogP contribution in [0, 0.1) is 0 Å². The highest BCUT2D eigenvalue weighted by molar-refractivity contribution is 5.84. The van der Waals surface area contributed by atoms with Crippen molar-refractivity contribution in [2.75, 3.05) is 56.5 Å². The molecule has 2 amide bonds. The Balaban J connectivity index is 1.25. The minimum absolute atomic E-state index is 0.207. The van der Waals surface area contributed by atoms with Gasteiger partial charge in [-0.05, 0) is 31.4 Å². The molecule has 2 N–H and O–H groups in total. The number of ether oxygens (including phenoxy) is 1. The van der Waals surface area contributed by atoms with Crippen molar-refractivity contribution in [3.63, 3.8) is 0 Å². The van der Waals surface area contributed by atoms with E-state index in [9.17, 15) is 9.59 Å². The Bertz CT molecular complexity index is 1220. The first-order valence-corrected chi connectivity index (χ1v) is 13.1. The van der Waals surface area contributed by atoms with E-state index in [0.29, 0.717) is 68.6 Å². The number of hydrogen-bond acceptors (Lipinski definition) is 8. The monoisotopic (exact) mass is 506 g/mol. The van der Waals surface area contributed by atoms with E-state index < -0.39 is 0 Å². The molecule has 11 nitrogen and oxygen atoms in total. The quantitative estimate of drug-likeness (QED) is 0.339. The molecule has 1 aromatic carbocycles. The number of hydrogen-bond donors (Lipinski definition) is 2. The van der Waals surface area contributed by atoms with Gasteiger partial charge in [0.25, 0.3) is 0 Å². The Hall–Kier alpha value is -3.89. The molecular formula is C26H34N8O3. The summed E-state index contributed by atoms with van der Waals surface area (Å²) in [6, 6.07) is 9.68. The maximum Gasteiger partial charge on any atom is 0.226 e. The third kappa shape index (κ3) is 6.28. The van der Waals surface area contributed by atoms with Gasteiger partial charge in [-0.15, -0.1) is 0 Å². The number of carbonyl (C=O) groups is 2. The van der Waals surface area contributed by atoms with Crippen molar-refractivity contribution in [1.82, 2.24) is 29.3 Å². The van der Waals surface area contributed by atoms with Crippen LogP contribution in [-0.2, 0) is 16.1 Å². The molecule has 0 spiro atoms. The summed E-state index contributed by atoms with van der Waals surface area (Å²) in [7, 11) is 0. The fraction of sp³-hybridized carbons (Fsp3) is 0.500. The van der Waals surface area contributed by atoms with Crippen LogP contribution in [-0.4, -0.2) is 87.0 Å². The number of imidazole rings is 1. The van der Waals surface area contributed by atoms with E-state index >= 15 is 0 Å². The van der Waals surface area contributed by atoms with Crippen LogP contribution in [0.4, 0.5) is 11.8 Å². The molecule has 0 saturated carbocycles. The number of benzene rings is 1. The molecule has 0 unspecified atom stereocenters. The molecule has 0 aliphatic carbocycles. The van der Waals surface area contributed by atoms with E-state index in [1.807, 2.05) is 44.7 Å². The van der Waals surface area contributed by atoms with Crippen molar-refractivity contribution < 1.29 is 14.3 Å². The molecule has 2 aromatic heterocycles. The van der Waals surface area contributed by atoms with Gasteiger partial charge < -0.3 is 29.7 Å². The Kier molecular flexibility index (Phi) is 7.97. The van der Waals surface area contributed by atoms with Crippen molar-refractivity contribution in [2.45, 2.75) is 38.6 Å². The number of nitrogens with one attached hydrogen (secondary N) is 2. The van der Waals surface area contributed by atoms with Crippen molar-refractivity contribution in [3.8, 4) is 5.75 Å². The van der Waals surface area contributed by atoms with Gasteiger partial charge in [-0.25, -0.2) is 4.98 Å². The van der Waals surface area contributed by atoms with E-state index in [1.165, 1.54) is 0 Å². The summed E-state index contributed by atoms with van der Waals surface area (Å²) in [6.07, 6.45) is 5.72. The molecule has 0 atom stereocenters. The van der Waals surface area contributed by atoms with Crippen LogP contribution in [0.2, 0.25) is 0 Å². The van der Waals surface area contributed by atoms with Gasteiger partial charge in [0.05, 0.1) is 12.9 Å². The van der Waals surface area contributed by atoms with Crippen molar-refractivity contribution in [2.24, 2.45) is 0 Å². The largest absolute Gasteiger partial charge is 0.492 e. The van der Waals surface area contributed by atoms with Gasteiger partial charge in [0.2, 0.25) is 17.8 Å². The zero-order valence-corrected chi connectivity index (χ0v) is 21.1. The lowest BCUT2D eigenvalue weighted by Gasteiger charge is -2.16. The Morgan fingerprint density at radius 3 is 2.35 bits per heavy atom. The average molecular weight is 507 g/mol. The fourth-order valence-electron chi connectivity index (χ4n) is 4.74. The summed E-state index contributed by atoms with van der Waals surface area (Å²) >= 11 is 0. The average Bonchev–Trinajstić information content (AvgIpc) is 3.64. The van der Waals surface area contributed by atoms with Gasteiger partial charge in [-0.1, -0.05) is 18.2 Å². The molecular weight excluding hydrogens is 472 g/mol. The SMILES string of the molecule is O=C1CCCN1CCCNc1nc(NCCOc2ccccc2)c2ncn(CCN3CCCC3=O)c2n1. The second kappa shape index (κ2) is 11.9. The number of likely N-dealkylation sites (tertiary alicyclic amines) is 2.